The monoisotopic (exact) mass is 437 g/mol. The molecule has 0 atom stereocenters. The third kappa shape index (κ3) is 4.57. The molecule has 0 radical (unpaired) electrons. The van der Waals surface area contributed by atoms with Crippen LogP contribution in [0.15, 0.2) is 71.9 Å². The Bertz CT molecular complexity index is 1120. The number of pyridine rings is 1. The first-order valence-corrected chi connectivity index (χ1v) is 9.85. The summed E-state index contributed by atoms with van der Waals surface area (Å²) < 4.78 is 0. The Morgan fingerprint density at radius 1 is 1.00 bits per heavy atom. The Hall–Kier alpha value is -3.29. The van der Waals surface area contributed by atoms with Crippen LogP contribution in [0, 0.1) is 10.1 Å². The van der Waals surface area contributed by atoms with Gasteiger partial charge < -0.3 is 9.80 Å². The van der Waals surface area contributed by atoms with E-state index < -0.39 is 0 Å². The highest BCUT2D eigenvalue weighted by molar-refractivity contribution is 6.20. The highest BCUT2D eigenvalue weighted by Gasteiger charge is 2.27. The summed E-state index contributed by atoms with van der Waals surface area (Å²) in [6.07, 6.45) is 2.70. The van der Waals surface area contributed by atoms with Crippen molar-refractivity contribution in [2.75, 3.05) is 32.1 Å². The van der Waals surface area contributed by atoms with Crippen molar-refractivity contribution in [3.8, 4) is 0 Å². The maximum atomic E-state index is 11.7. The number of hydrogen-bond acceptors (Lipinski definition) is 6. The lowest BCUT2D eigenvalue weighted by molar-refractivity contribution is -0.385. The summed E-state index contributed by atoms with van der Waals surface area (Å²) in [4.78, 5) is 25.2. The van der Waals surface area contributed by atoms with Crippen LogP contribution in [0.4, 0.5) is 22.9 Å². The van der Waals surface area contributed by atoms with Crippen molar-refractivity contribution < 1.29 is 4.92 Å². The SMILES string of the molecule is CN(C)CCCN1c2ccccc2C(c2ccccc2[N+](=O)[O-])=Nc2cccnc21.Cl. The van der Waals surface area contributed by atoms with Crippen LogP contribution >= 0.6 is 12.4 Å². The molecule has 0 fully saturated rings. The maximum absolute atomic E-state index is 11.7. The number of nitro benzene ring substituents is 1. The van der Waals surface area contributed by atoms with Crippen molar-refractivity contribution in [3.05, 3.63) is 88.1 Å². The van der Waals surface area contributed by atoms with Gasteiger partial charge in [-0.15, -0.1) is 12.4 Å². The van der Waals surface area contributed by atoms with Crippen molar-refractivity contribution in [3.63, 3.8) is 0 Å². The van der Waals surface area contributed by atoms with Gasteiger partial charge in [0, 0.05) is 24.4 Å². The van der Waals surface area contributed by atoms with Gasteiger partial charge in [-0.3, -0.25) is 10.1 Å². The topological polar surface area (TPSA) is 74.9 Å². The summed E-state index contributed by atoms with van der Waals surface area (Å²) in [5.74, 6) is 0.761. The number of halogens is 1. The first kappa shape index (κ1) is 22.4. The normalized spacial score (nSPS) is 12.4. The van der Waals surface area contributed by atoms with Crippen molar-refractivity contribution in [1.82, 2.24) is 9.88 Å². The van der Waals surface area contributed by atoms with E-state index in [2.05, 4.69) is 28.9 Å². The van der Waals surface area contributed by atoms with Crippen LogP contribution in [0.3, 0.4) is 0 Å². The van der Waals surface area contributed by atoms with E-state index in [0.717, 1.165) is 36.6 Å². The van der Waals surface area contributed by atoms with Crippen LogP contribution in [0.25, 0.3) is 0 Å². The average molecular weight is 438 g/mol. The van der Waals surface area contributed by atoms with Gasteiger partial charge in [0.1, 0.15) is 5.69 Å². The summed E-state index contributed by atoms with van der Waals surface area (Å²) in [5.41, 5.74) is 3.63. The highest BCUT2D eigenvalue weighted by Crippen LogP contribution is 2.40. The van der Waals surface area contributed by atoms with Gasteiger partial charge in [-0.1, -0.05) is 30.3 Å². The third-order valence-electron chi connectivity index (χ3n) is 5.05. The predicted molar refractivity (Wildman–Crippen MR) is 126 cm³/mol. The third-order valence-corrected chi connectivity index (χ3v) is 5.05. The van der Waals surface area contributed by atoms with Crippen molar-refractivity contribution in [2.45, 2.75) is 6.42 Å². The lowest BCUT2D eigenvalue weighted by Gasteiger charge is -2.26. The molecule has 0 saturated carbocycles. The van der Waals surface area contributed by atoms with Gasteiger partial charge in [-0.25, -0.2) is 9.98 Å². The molecule has 0 N–H and O–H groups in total. The summed E-state index contributed by atoms with van der Waals surface area (Å²) in [5, 5.41) is 11.7. The molecular formula is C23H24ClN5O2. The number of aromatic nitrogens is 1. The number of hydrogen-bond donors (Lipinski definition) is 0. The first-order valence-electron chi connectivity index (χ1n) is 9.85. The fourth-order valence-corrected chi connectivity index (χ4v) is 3.70. The van der Waals surface area contributed by atoms with Gasteiger partial charge in [0.25, 0.3) is 5.69 Å². The molecule has 0 saturated heterocycles. The van der Waals surface area contributed by atoms with E-state index in [0.29, 0.717) is 17.0 Å². The van der Waals surface area contributed by atoms with Crippen LogP contribution in [0.2, 0.25) is 0 Å². The Morgan fingerprint density at radius 2 is 1.71 bits per heavy atom. The minimum Gasteiger partial charge on any atom is -0.324 e. The number of anilines is 2. The minimum absolute atomic E-state index is 0. The van der Waals surface area contributed by atoms with E-state index in [1.54, 1.807) is 24.4 Å². The molecule has 2 aromatic carbocycles. The average Bonchev–Trinajstić information content (AvgIpc) is 2.89. The number of fused-ring (bicyclic) bond motifs is 2. The summed E-state index contributed by atoms with van der Waals surface area (Å²) in [6.45, 7) is 1.71. The maximum Gasteiger partial charge on any atom is 0.278 e. The molecule has 3 aromatic rings. The van der Waals surface area contributed by atoms with E-state index in [1.165, 1.54) is 6.07 Å². The molecule has 4 rings (SSSR count). The van der Waals surface area contributed by atoms with Crippen molar-refractivity contribution in [2.24, 2.45) is 4.99 Å². The Kier molecular flexibility index (Phi) is 6.99. The number of nitrogens with zero attached hydrogens (tertiary/aromatic N) is 5. The summed E-state index contributed by atoms with van der Waals surface area (Å²) in [7, 11) is 4.11. The van der Waals surface area contributed by atoms with Gasteiger partial charge in [0.15, 0.2) is 5.82 Å². The van der Waals surface area contributed by atoms with E-state index >= 15 is 0 Å². The lowest BCUT2D eigenvalue weighted by Crippen LogP contribution is -2.24. The molecule has 31 heavy (non-hydrogen) atoms. The number of nitro groups is 1. The molecule has 1 aliphatic rings. The molecular weight excluding hydrogens is 414 g/mol. The van der Waals surface area contributed by atoms with Crippen LogP contribution in [-0.4, -0.2) is 47.7 Å². The van der Waals surface area contributed by atoms with Crippen molar-refractivity contribution >= 4 is 41.0 Å². The molecule has 0 unspecified atom stereocenters. The van der Waals surface area contributed by atoms with Gasteiger partial charge >= 0.3 is 0 Å². The summed E-state index contributed by atoms with van der Waals surface area (Å²) in [6, 6.07) is 18.4. The molecule has 2 heterocycles. The Balaban J connectivity index is 0.00000272. The van der Waals surface area contributed by atoms with Gasteiger partial charge in [0.2, 0.25) is 0 Å². The van der Waals surface area contributed by atoms with Gasteiger partial charge in [0.05, 0.1) is 21.9 Å². The Labute approximate surface area is 187 Å². The number of rotatable bonds is 6. The van der Waals surface area contributed by atoms with Gasteiger partial charge in [-0.2, -0.15) is 0 Å². The highest BCUT2D eigenvalue weighted by atomic mass is 35.5. The second-order valence-corrected chi connectivity index (χ2v) is 7.41. The molecule has 8 heteroatoms. The first-order chi connectivity index (χ1) is 14.6. The molecule has 1 aliphatic heterocycles. The zero-order valence-corrected chi connectivity index (χ0v) is 18.2. The molecule has 7 nitrogen and oxygen atoms in total. The smallest absolute Gasteiger partial charge is 0.278 e. The predicted octanol–water partition coefficient (Wildman–Crippen LogP) is 4.98. The number of para-hydroxylation sites is 2. The molecule has 0 bridgehead atoms. The summed E-state index contributed by atoms with van der Waals surface area (Å²) >= 11 is 0. The standard InChI is InChI=1S/C23H23N5O2.ClH/c1-26(2)15-8-16-27-20-12-5-3-9-17(20)22(25-19-11-7-14-24-23(19)27)18-10-4-6-13-21(18)28(29)30;/h3-7,9-14H,8,15-16H2,1-2H3;1H. The van der Waals surface area contributed by atoms with Crippen LogP contribution in [-0.2, 0) is 0 Å². The van der Waals surface area contributed by atoms with E-state index in [9.17, 15) is 10.1 Å². The van der Waals surface area contributed by atoms with Gasteiger partial charge in [-0.05, 0) is 51.3 Å². The molecule has 1 aromatic heterocycles. The zero-order chi connectivity index (χ0) is 21.1. The quantitative estimate of drug-likeness (QED) is 0.401. The Morgan fingerprint density at radius 3 is 2.45 bits per heavy atom. The van der Waals surface area contributed by atoms with Crippen molar-refractivity contribution in [1.29, 1.82) is 0 Å². The fourth-order valence-electron chi connectivity index (χ4n) is 3.70. The van der Waals surface area contributed by atoms with Crippen LogP contribution < -0.4 is 4.90 Å². The minimum atomic E-state index is -0.357. The van der Waals surface area contributed by atoms with E-state index in [-0.39, 0.29) is 23.0 Å². The number of aliphatic imine (C=N–C) groups is 1. The second-order valence-electron chi connectivity index (χ2n) is 7.41. The molecule has 160 valence electrons. The van der Waals surface area contributed by atoms with Crippen LogP contribution in [0.5, 0.6) is 0 Å². The zero-order valence-electron chi connectivity index (χ0n) is 17.4. The largest absolute Gasteiger partial charge is 0.324 e. The molecule has 0 aliphatic carbocycles. The molecule has 0 spiro atoms. The lowest BCUT2D eigenvalue weighted by atomic mass is 9.98. The fraction of sp³-hybridized carbons (Fsp3) is 0.217. The molecule has 0 amide bonds. The van der Waals surface area contributed by atoms with E-state index in [4.69, 9.17) is 4.99 Å². The van der Waals surface area contributed by atoms with E-state index in [1.807, 2.05) is 36.4 Å². The van der Waals surface area contributed by atoms with Crippen LogP contribution in [0.1, 0.15) is 17.5 Å². The second kappa shape index (κ2) is 9.68. The number of benzene rings is 2.